The second-order valence-corrected chi connectivity index (χ2v) is 5.68. The van der Waals surface area contributed by atoms with Crippen molar-refractivity contribution in [3.63, 3.8) is 0 Å². The average Bonchev–Trinajstić information content (AvgIpc) is 2.73. The zero-order chi connectivity index (χ0) is 18.9. The maximum Gasteiger partial charge on any atom is 0.508 e. The van der Waals surface area contributed by atoms with Gasteiger partial charge in [-0.25, -0.2) is 9.59 Å². The van der Waals surface area contributed by atoms with E-state index in [2.05, 4.69) is 0 Å². The predicted octanol–water partition coefficient (Wildman–Crippen LogP) is 4.76. The fourth-order valence-corrected chi connectivity index (χ4v) is 2.35. The molecule has 0 aliphatic carbocycles. The highest BCUT2D eigenvalue weighted by molar-refractivity contribution is 5.91. The van der Waals surface area contributed by atoms with E-state index < -0.39 is 12.1 Å². The van der Waals surface area contributed by atoms with Crippen LogP contribution in [0.15, 0.2) is 84.9 Å². The van der Waals surface area contributed by atoms with E-state index in [1.165, 1.54) is 0 Å². The molecule has 0 aliphatic rings. The van der Waals surface area contributed by atoms with E-state index in [0.717, 1.165) is 5.56 Å². The van der Waals surface area contributed by atoms with Crippen molar-refractivity contribution in [3.05, 3.63) is 102 Å². The van der Waals surface area contributed by atoms with Crippen molar-refractivity contribution in [2.24, 2.45) is 0 Å². The molecular formula is C22H18O5. The fraction of sp³-hybridized carbons (Fsp3) is 0.0909. The Morgan fingerprint density at radius 3 is 2.00 bits per heavy atom. The quantitative estimate of drug-likeness (QED) is 0.467. The van der Waals surface area contributed by atoms with Crippen molar-refractivity contribution < 1.29 is 23.8 Å². The summed E-state index contributed by atoms with van der Waals surface area (Å²) in [6.45, 7) is 0.0657. The maximum atomic E-state index is 12.2. The summed E-state index contributed by atoms with van der Waals surface area (Å²) in [5.41, 5.74) is 1.88. The lowest BCUT2D eigenvalue weighted by molar-refractivity contribution is 0.0440. The fourth-order valence-electron chi connectivity index (χ4n) is 2.35. The van der Waals surface area contributed by atoms with Gasteiger partial charge >= 0.3 is 12.1 Å². The van der Waals surface area contributed by atoms with E-state index >= 15 is 0 Å². The average molecular weight is 362 g/mol. The molecule has 0 spiro atoms. The van der Waals surface area contributed by atoms with Gasteiger partial charge in [-0.3, -0.25) is 0 Å². The molecule has 136 valence electrons. The summed E-state index contributed by atoms with van der Waals surface area (Å²) in [5.74, 6) is -0.142. The van der Waals surface area contributed by atoms with E-state index in [4.69, 9.17) is 14.2 Å². The SMILES string of the molecule is O=C(OCc1ccccc1)OCc1ccccc1OC(=O)c1ccccc1. The van der Waals surface area contributed by atoms with Crippen LogP contribution >= 0.6 is 0 Å². The van der Waals surface area contributed by atoms with Gasteiger partial charge in [-0.2, -0.15) is 0 Å². The molecule has 0 radical (unpaired) electrons. The topological polar surface area (TPSA) is 61.8 Å². The molecule has 0 bridgehead atoms. The van der Waals surface area contributed by atoms with Crippen molar-refractivity contribution in [3.8, 4) is 5.75 Å². The highest BCUT2D eigenvalue weighted by atomic mass is 16.7. The van der Waals surface area contributed by atoms with Crippen LogP contribution in [0.1, 0.15) is 21.5 Å². The first-order valence-electron chi connectivity index (χ1n) is 8.41. The smallest absolute Gasteiger partial charge is 0.429 e. The van der Waals surface area contributed by atoms with Gasteiger partial charge in [0.25, 0.3) is 0 Å². The summed E-state index contributed by atoms with van der Waals surface area (Å²) < 4.78 is 15.6. The first kappa shape index (κ1) is 18.2. The number of hydrogen-bond acceptors (Lipinski definition) is 5. The number of ether oxygens (including phenoxy) is 3. The molecule has 27 heavy (non-hydrogen) atoms. The molecule has 3 aromatic rings. The molecular weight excluding hydrogens is 344 g/mol. The Hall–Kier alpha value is -3.60. The van der Waals surface area contributed by atoms with Crippen molar-refractivity contribution in [2.45, 2.75) is 13.2 Å². The number of para-hydroxylation sites is 1. The lowest BCUT2D eigenvalue weighted by Crippen LogP contribution is -2.11. The molecule has 0 heterocycles. The summed E-state index contributed by atoms with van der Waals surface area (Å²) in [7, 11) is 0. The van der Waals surface area contributed by atoms with Crippen LogP contribution in [0.3, 0.4) is 0 Å². The van der Waals surface area contributed by atoms with Crippen LogP contribution in [-0.4, -0.2) is 12.1 Å². The molecule has 0 aliphatic heterocycles. The van der Waals surface area contributed by atoms with E-state index in [0.29, 0.717) is 16.9 Å². The zero-order valence-corrected chi connectivity index (χ0v) is 14.5. The summed E-state index contributed by atoms with van der Waals surface area (Å²) >= 11 is 0. The highest BCUT2D eigenvalue weighted by Gasteiger charge is 2.13. The van der Waals surface area contributed by atoms with Crippen LogP contribution < -0.4 is 4.74 Å². The van der Waals surface area contributed by atoms with E-state index in [-0.39, 0.29) is 13.2 Å². The first-order chi connectivity index (χ1) is 13.2. The van der Waals surface area contributed by atoms with Gasteiger partial charge in [-0.05, 0) is 23.8 Å². The maximum absolute atomic E-state index is 12.2. The third-order valence-corrected chi connectivity index (χ3v) is 3.73. The molecule has 0 saturated carbocycles. The van der Waals surface area contributed by atoms with Gasteiger partial charge in [0.15, 0.2) is 0 Å². The van der Waals surface area contributed by atoms with Crippen LogP contribution in [0.5, 0.6) is 5.75 Å². The van der Waals surface area contributed by atoms with Gasteiger partial charge in [-0.15, -0.1) is 0 Å². The van der Waals surface area contributed by atoms with Gasteiger partial charge in [0.1, 0.15) is 19.0 Å². The lowest BCUT2D eigenvalue weighted by Gasteiger charge is -2.11. The van der Waals surface area contributed by atoms with Crippen molar-refractivity contribution >= 4 is 12.1 Å². The molecule has 5 nitrogen and oxygen atoms in total. The molecule has 3 aromatic carbocycles. The Kier molecular flexibility index (Phi) is 6.20. The Labute approximate surface area is 157 Å². The third-order valence-electron chi connectivity index (χ3n) is 3.73. The Morgan fingerprint density at radius 1 is 0.667 bits per heavy atom. The van der Waals surface area contributed by atoms with Crippen molar-refractivity contribution in [1.82, 2.24) is 0 Å². The number of carbonyl (C=O) groups is 2. The van der Waals surface area contributed by atoms with Crippen molar-refractivity contribution in [1.29, 1.82) is 0 Å². The zero-order valence-electron chi connectivity index (χ0n) is 14.5. The molecule has 3 rings (SSSR count). The Bertz CT molecular complexity index is 891. The largest absolute Gasteiger partial charge is 0.508 e. The van der Waals surface area contributed by atoms with Gasteiger partial charge < -0.3 is 14.2 Å². The standard InChI is InChI=1S/C22H18O5/c23-21(18-11-5-2-6-12-18)27-20-14-8-7-13-19(20)16-26-22(24)25-15-17-9-3-1-4-10-17/h1-14H,15-16H2. The minimum Gasteiger partial charge on any atom is -0.429 e. The second-order valence-electron chi connectivity index (χ2n) is 5.68. The summed E-state index contributed by atoms with van der Waals surface area (Å²) in [6, 6.07) is 24.9. The minimum atomic E-state index is -0.789. The monoisotopic (exact) mass is 362 g/mol. The van der Waals surface area contributed by atoms with Gasteiger partial charge in [0.05, 0.1) is 5.56 Å². The molecule has 0 atom stereocenters. The minimum absolute atomic E-state index is 0.0636. The number of carbonyl (C=O) groups excluding carboxylic acids is 2. The van der Waals surface area contributed by atoms with Crippen LogP contribution in [0.4, 0.5) is 4.79 Å². The number of hydrogen-bond donors (Lipinski definition) is 0. The summed E-state index contributed by atoms with van der Waals surface area (Å²) in [5, 5.41) is 0. The predicted molar refractivity (Wildman–Crippen MR) is 99.3 cm³/mol. The first-order valence-corrected chi connectivity index (χ1v) is 8.41. The molecule has 5 heteroatoms. The van der Waals surface area contributed by atoms with Crippen molar-refractivity contribution in [2.75, 3.05) is 0 Å². The summed E-state index contributed by atoms with van der Waals surface area (Å²) in [6.07, 6.45) is -0.789. The Balaban J connectivity index is 1.56. The van der Waals surface area contributed by atoms with Gasteiger partial charge in [0.2, 0.25) is 0 Å². The van der Waals surface area contributed by atoms with Gasteiger partial charge in [-0.1, -0.05) is 66.7 Å². The van der Waals surface area contributed by atoms with Crippen LogP contribution in [0.2, 0.25) is 0 Å². The molecule has 0 N–H and O–H groups in total. The van der Waals surface area contributed by atoms with Gasteiger partial charge in [0, 0.05) is 5.56 Å². The molecule has 0 saturated heterocycles. The summed E-state index contributed by atoms with van der Waals surface area (Å²) in [4.78, 5) is 24.0. The van der Waals surface area contributed by atoms with E-state index in [1.807, 2.05) is 36.4 Å². The van der Waals surface area contributed by atoms with Crippen LogP contribution in [-0.2, 0) is 22.7 Å². The lowest BCUT2D eigenvalue weighted by atomic mass is 10.2. The number of rotatable bonds is 6. The van der Waals surface area contributed by atoms with E-state index in [1.54, 1.807) is 48.5 Å². The number of esters is 1. The van der Waals surface area contributed by atoms with Crippen LogP contribution in [0.25, 0.3) is 0 Å². The normalized spacial score (nSPS) is 10.1. The third kappa shape index (κ3) is 5.44. The van der Waals surface area contributed by atoms with E-state index in [9.17, 15) is 9.59 Å². The molecule has 0 aromatic heterocycles. The molecule has 0 fully saturated rings. The highest BCUT2D eigenvalue weighted by Crippen LogP contribution is 2.20. The molecule has 0 amide bonds. The number of benzene rings is 3. The second kappa shape index (κ2) is 9.20. The van der Waals surface area contributed by atoms with Crippen LogP contribution in [0, 0.1) is 0 Å². The Morgan fingerprint density at radius 2 is 1.26 bits per heavy atom. The molecule has 0 unspecified atom stereocenters.